The number of esters is 1. The molecule has 1 aliphatic carbocycles. The molecule has 1 fully saturated rings. The Hall–Kier alpha value is -1.06. The zero-order valence-corrected chi connectivity index (χ0v) is 7.79. The molecule has 74 valence electrons. The molecule has 4 heteroatoms. The third-order valence-corrected chi connectivity index (χ3v) is 2.30. The highest BCUT2D eigenvalue weighted by atomic mass is 16.5. The average molecular weight is 185 g/mol. The van der Waals surface area contributed by atoms with Crippen molar-refractivity contribution in [2.24, 2.45) is 0 Å². The van der Waals surface area contributed by atoms with Crippen LogP contribution in [0.25, 0.3) is 0 Å². The normalized spacial score (nSPS) is 27.8. The van der Waals surface area contributed by atoms with Gasteiger partial charge >= 0.3 is 5.97 Å². The molecular formula is C9H15NO3. The second kappa shape index (κ2) is 4.84. The van der Waals surface area contributed by atoms with Gasteiger partial charge in [-0.15, -0.1) is 0 Å². The highest BCUT2D eigenvalue weighted by molar-refractivity contribution is 5.66. The number of hydrogen-bond acceptors (Lipinski definition) is 3. The molecular weight excluding hydrogens is 170 g/mol. The minimum absolute atomic E-state index is 0.00940. The van der Waals surface area contributed by atoms with E-state index in [4.69, 9.17) is 4.74 Å². The molecule has 0 aromatic heterocycles. The fourth-order valence-corrected chi connectivity index (χ4v) is 1.73. The molecule has 1 saturated carbocycles. The van der Waals surface area contributed by atoms with Crippen molar-refractivity contribution in [3.8, 4) is 0 Å². The van der Waals surface area contributed by atoms with Gasteiger partial charge in [0.2, 0.25) is 6.41 Å². The first-order valence-electron chi connectivity index (χ1n) is 4.61. The lowest BCUT2D eigenvalue weighted by atomic mass is 9.92. The first kappa shape index (κ1) is 10.0. The second-order valence-electron chi connectivity index (χ2n) is 3.32. The van der Waals surface area contributed by atoms with Crippen molar-refractivity contribution in [3.05, 3.63) is 0 Å². The van der Waals surface area contributed by atoms with Gasteiger partial charge in [0.05, 0.1) is 6.04 Å². The Morgan fingerprint density at radius 1 is 1.46 bits per heavy atom. The van der Waals surface area contributed by atoms with Crippen molar-refractivity contribution in [1.82, 2.24) is 5.32 Å². The maximum absolute atomic E-state index is 10.7. The molecule has 1 rings (SSSR count). The summed E-state index contributed by atoms with van der Waals surface area (Å²) in [5, 5.41) is 2.68. The van der Waals surface area contributed by atoms with Crippen LogP contribution in [0.2, 0.25) is 0 Å². The summed E-state index contributed by atoms with van der Waals surface area (Å²) in [7, 11) is 0. The van der Waals surface area contributed by atoms with Gasteiger partial charge in [-0.1, -0.05) is 6.42 Å². The summed E-state index contributed by atoms with van der Waals surface area (Å²) in [6.45, 7) is 1.40. The maximum atomic E-state index is 10.7. The lowest BCUT2D eigenvalue weighted by Gasteiger charge is -2.30. The fourth-order valence-electron chi connectivity index (χ4n) is 1.73. The van der Waals surface area contributed by atoms with Crippen molar-refractivity contribution in [1.29, 1.82) is 0 Å². The van der Waals surface area contributed by atoms with Gasteiger partial charge in [-0.2, -0.15) is 0 Å². The van der Waals surface area contributed by atoms with Crippen LogP contribution >= 0.6 is 0 Å². The smallest absolute Gasteiger partial charge is 0.302 e. The van der Waals surface area contributed by atoms with Crippen LogP contribution in [0.15, 0.2) is 0 Å². The predicted octanol–water partition coefficient (Wildman–Crippen LogP) is 0.607. The van der Waals surface area contributed by atoms with Crippen molar-refractivity contribution >= 4 is 12.4 Å². The van der Waals surface area contributed by atoms with Crippen LogP contribution in [0.3, 0.4) is 0 Å². The molecule has 1 aliphatic rings. The summed E-state index contributed by atoms with van der Waals surface area (Å²) < 4.78 is 5.10. The molecule has 2 unspecified atom stereocenters. The quantitative estimate of drug-likeness (QED) is 0.517. The number of hydrogen-bond donors (Lipinski definition) is 1. The van der Waals surface area contributed by atoms with Gasteiger partial charge in [0.15, 0.2) is 0 Å². The summed E-state index contributed by atoms with van der Waals surface area (Å²) in [6, 6.07) is 0.00940. The van der Waals surface area contributed by atoms with Crippen LogP contribution in [-0.2, 0) is 14.3 Å². The lowest BCUT2D eigenvalue weighted by molar-refractivity contribution is -0.149. The molecule has 2 atom stereocenters. The van der Waals surface area contributed by atoms with Gasteiger partial charge in [0.1, 0.15) is 6.10 Å². The first-order chi connectivity index (χ1) is 6.24. The second-order valence-corrected chi connectivity index (χ2v) is 3.32. The molecule has 0 heterocycles. The molecule has 0 bridgehead atoms. The van der Waals surface area contributed by atoms with Gasteiger partial charge in [-0.05, 0) is 19.3 Å². The van der Waals surface area contributed by atoms with Gasteiger partial charge in [0, 0.05) is 6.92 Å². The molecule has 13 heavy (non-hydrogen) atoms. The predicted molar refractivity (Wildman–Crippen MR) is 47.0 cm³/mol. The Kier molecular flexibility index (Phi) is 3.73. The summed E-state index contributed by atoms with van der Waals surface area (Å²) in [5.41, 5.74) is 0. The largest absolute Gasteiger partial charge is 0.460 e. The number of amides is 1. The van der Waals surface area contributed by atoms with E-state index in [0.29, 0.717) is 6.41 Å². The molecule has 4 nitrogen and oxygen atoms in total. The lowest BCUT2D eigenvalue weighted by Crippen LogP contribution is -2.43. The van der Waals surface area contributed by atoms with Crippen LogP contribution in [0.5, 0.6) is 0 Å². The molecule has 0 radical (unpaired) electrons. The number of ether oxygens (including phenoxy) is 1. The van der Waals surface area contributed by atoms with Crippen LogP contribution in [-0.4, -0.2) is 24.5 Å². The molecule has 0 saturated heterocycles. The Bertz CT molecular complexity index is 193. The highest BCUT2D eigenvalue weighted by Crippen LogP contribution is 2.20. The summed E-state index contributed by atoms with van der Waals surface area (Å²) in [6.07, 6.45) is 4.45. The molecule has 0 aromatic carbocycles. The van der Waals surface area contributed by atoms with E-state index in [1.54, 1.807) is 0 Å². The van der Waals surface area contributed by atoms with Crippen molar-refractivity contribution in [2.75, 3.05) is 0 Å². The van der Waals surface area contributed by atoms with Crippen molar-refractivity contribution in [2.45, 2.75) is 44.8 Å². The summed E-state index contributed by atoms with van der Waals surface area (Å²) >= 11 is 0. The van der Waals surface area contributed by atoms with Crippen LogP contribution in [0, 0.1) is 0 Å². The summed E-state index contributed by atoms with van der Waals surface area (Å²) in [5.74, 6) is -0.274. The van der Waals surface area contributed by atoms with Gasteiger partial charge < -0.3 is 10.1 Å². The first-order valence-corrected chi connectivity index (χ1v) is 4.61. The van der Waals surface area contributed by atoms with E-state index in [2.05, 4.69) is 5.32 Å². The van der Waals surface area contributed by atoms with Crippen molar-refractivity contribution < 1.29 is 14.3 Å². The Morgan fingerprint density at radius 3 is 2.77 bits per heavy atom. The van der Waals surface area contributed by atoms with E-state index in [-0.39, 0.29) is 18.1 Å². The van der Waals surface area contributed by atoms with E-state index in [1.807, 2.05) is 0 Å². The van der Waals surface area contributed by atoms with Crippen LogP contribution in [0.1, 0.15) is 32.6 Å². The van der Waals surface area contributed by atoms with Crippen molar-refractivity contribution in [3.63, 3.8) is 0 Å². The molecule has 0 aromatic rings. The van der Waals surface area contributed by atoms with Gasteiger partial charge in [-0.25, -0.2) is 0 Å². The number of rotatable bonds is 3. The third kappa shape index (κ3) is 3.05. The van der Waals surface area contributed by atoms with E-state index < -0.39 is 0 Å². The average Bonchev–Trinajstić information content (AvgIpc) is 2.08. The molecule has 0 spiro atoms. The SMILES string of the molecule is CC(=O)OC1CCCCC1NC=O. The van der Waals surface area contributed by atoms with Gasteiger partial charge in [0.25, 0.3) is 0 Å². The number of nitrogens with one attached hydrogen (secondary N) is 1. The molecule has 0 aliphatic heterocycles. The Morgan fingerprint density at radius 2 is 2.15 bits per heavy atom. The van der Waals surface area contributed by atoms with E-state index in [9.17, 15) is 9.59 Å². The topological polar surface area (TPSA) is 55.4 Å². The zero-order valence-electron chi connectivity index (χ0n) is 7.79. The van der Waals surface area contributed by atoms with Gasteiger partial charge in [-0.3, -0.25) is 9.59 Å². The standard InChI is InChI=1S/C9H15NO3/c1-7(12)13-9-5-3-2-4-8(9)10-6-11/h6,8-9H,2-5H2,1H3,(H,10,11). The highest BCUT2D eigenvalue weighted by Gasteiger charge is 2.26. The Balaban J connectivity index is 2.45. The minimum atomic E-state index is -0.274. The number of carbonyl (C=O) groups excluding carboxylic acids is 2. The Labute approximate surface area is 77.6 Å². The third-order valence-electron chi connectivity index (χ3n) is 2.30. The molecule has 1 amide bonds. The van der Waals surface area contributed by atoms with E-state index in [0.717, 1.165) is 25.7 Å². The van der Waals surface area contributed by atoms with Crippen LogP contribution < -0.4 is 5.32 Å². The fraction of sp³-hybridized carbons (Fsp3) is 0.778. The summed E-state index contributed by atoms with van der Waals surface area (Å²) in [4.78, 5) is 21.0. The van der Waals surface area contributed by atoms with Crippen LogP contribution in [0.4, 0.5) is 0 Å². The van der Waals surface area contributed by atoms with E-state index >= 15 is 0 Å². The molecule has 1 N–H and O–H groups in total. The maximum Gasteiger partial charge on any atom is 0.302 e. The minimum Gasteiger partial charge on any atom is -0.460 e. The number of carbonyl (C=O) groups is 2. The zero-order chi connectivity index (χ0) is 9.68. The van der Waals surface area contributed by atoms with E-state index in [1.165, 1.54) is 6.92 Å². The monoisotopic (exact) mass is 185 g/mol.